The number of likely N-dealkylation sites (N-methyl/N-ethyl adjacent to an activating group) is 1. The van der Waals surface area contributed by atoms with Crippen molar-refractivity contribution in [1.29, 1.82) is 0 Å². The minimum absolute atomic E-state index is 0.136. The molecule has 0 spiro atoms. The van der Waals surface area contributed by atoms with Crippen LogP contribution in [0.2, 0.25) is 5.15 Å². The molecule has 0 aliphatic carbocycles. The highest BCUT2D eigenvalue weighted by molar-refractivity contribution is 9.10. The van der Waals surface area contributed by atoms with E-state index in [0.29, 0.717) is 25.3 Å². The molecule has 0 N–H and O–H groups in total. The summed E-state index contributed by atoms with van der Waals surface area (Å²) in [5, 5.41) is 0.217. The highest BCUT2D eigenvalue weighted by Gasteiger charge is 2.17. The number of hydrogen-bond donors (Lipinski definition) is 0. The van der Waals surface area contributed by atoms with Gasteiger partial charge in [-0.3, -0.25) is 4.79 Å². The summed E-state index contributed by atoms with van der Waals surface area (Å²) in [6.45, 7) is 3.55. The van der Waals surface area contributed by atoms with E-state index in [-0.39, 0.29) is 11.1 Å². The van der Waals surface area contributed by atoms with Crippen LogP contribution in [-0.2, 0) is 4.74 Å². The van der Waals surface area contributed by atoms with E-state index in [1.165, 1.54) is 0 Å². The van der Waals surface area contributed by atoms with Gasteiger partial charge in [-0.05, 0) is 28.9 Å². The molecule has 1 aromatic heterocycles. The molecule has 6 heteroatoms. The largest absolute Gasteiger partial charge is 0.383 e. The number of halogens is 2. The lowest BCUT2D eigenvalue weighted by molar-refractivity contribution is 0.0706. The van der Waals surface area contributed by atoms with Crippen molar-refractivity contribution in [3.63, 3.8) is 0 Å². The monoisotopic (exact) mass is 320 g/mol. The molecule has 0 bridgehead atoms. The van der Waals surface area contributed by atoms with Crippen LogP contribution in [0, 0.1) is 0 Å². The molecule has 0 saturated heterocycles. The zero-order valence-electron chi connectivity index (χ0n) is 9.74. The molecule has 0 unspecified atom stereocenters. The van der Waals surface area contributed by atoms with Crippen LogP contribution in [0.3, 0.4) is 0 Å². The molecule has 0 aromatic carbocycles. The summed E-state index contributed by atoms with van der Waals surface area (Å²) in [6.07, 6.45) is 1.56. The molecule has 1 amide bonds. The number of hydrogen-bond acceptors (Lipinski definition) is 3. The van der Waals surface area contributed by atoms with E-state index in [0.717, 1.165) is 4.47 Å². The van der Waals surface area contributed by atoms with Crippen molar-refractivity contribution in [3.05, 3.63) is 27.5 Å². The standard InChI is InChI=1S/C11H14BrClN2O2/c1-3-15(4-5-17-2)11(16)9-6-8(12)7-14-10(9)13/h6-7H,3-5H2,1-2H3. The third-order valence-electron chi connectivity index (χ3n) is 2.27. The van der Waals surface area contributed by atoms with E-state index in [1.54, 1.807) is 24.3 Å². The van der Waals surface area contributed by atoms with E-state index in [4.69, 9.17) is 16.3 Å². The fraction of sp³-hybridized carbons (Fsp3) is 0.455. The number of carbonyl (C=O) groups excluding carboxylic acids is 1. The molecule has 0 saturated carbocycles. The van der Waals surface area contributed by atoms with Gasteiger partial charge in [0.2, 0.25) is 0 Å². The molecular formula is C11H14BrClN2O2. The minimum atomic E-state index is -0.136. The van der Waals surface area contributed by atoms with E-state index in [2.05, 4.69) is 20.9 Å². The Morgan fingerprint density at radius 3 is 2.94 bits per heavy atom. The van der Waals surface area contributed by atoms with Gasteiger partial charge in [0.25, 0.3) is 5.91 Å². The van der Waals surface area contributed by atoms with Crippen LogP contribution in [0.15, 0.2) is 16.7 Å². The number of carbonyl (C=O) groups is 1. The molecular weight excluding hydrogens is 307 g/mol. The van der Waals surface area contributed by atoms with Gasteiger partial charge in [0.1, 0.15) is 5.15 Å². The Morgan fingerprint density at radius 1 is 1.65 bits per heavy atom. The Labute approximate surface area is 114 Å². The molecule has 0 atom stereocenters. The van der Waals surface area contributed by atoms with E-state index in [1.807, 2.05) is 6.92 Å². The van der Waals surface area contributed by atoms with Crippen LogP contribution >= 0.6 is 27.5 Å². The summed E-state index contributed by atoms with van der Waals surface area (Å²) in [6, 6.07) is 1.67. The quantitative estimate of drug-likeness (QED) is 0.783. The van der Waals surface area contributed by atoms with Crippen molar-refractivity contribution in [3.8, 4) is 0 Å². The van der Waals surface area contributed by atoms with Crippen molar-refractivity contribution in [1.82, 2.24) is 9.88 Å². The van der Waals surface area contributed by atoms with Gasteiger partial charge in [-0.15, -0.1) is 0 Å². The molecule has 0 radical (unpaired) electrons. The number of pyridine rings is 1. The number of ether oxygens (including phenoxy) is 1. The molecule has 0 aliphatic heterocycles. The first kappa shape index (κ1) is 14.4. The van der Waals surface area contributed by atoms with Crippen LogP contribution in [0.5, 0.6) is 0 Å². The van der Waals surface area contributed by atoms with Crippen LogP contribution in [0.4, 0.5) is 0 Å². The summed E-state index contributed by atoms with van der Waals surface area (Å²) >= 11 is 9.19. The number of rotatable bonds is 5. The van der Waals surface area contributed by atoms with E-state index in [9.17, 15) is 4.79 Å². The average Bonchev–Trinajstić information content (AvgIpc) is 2.33. The van der Waals surface area contributed by atoms with Crippen LogP contribution < -0.4 is 0 Å². The SMILES string of the molecule is CCN(CCOC)C(=O)c1cc(Br)cnc1Cl. The Morgan fingerprint density at radius 2 is 2.35 bits per heavy atom. The fourth-order valence-corrected chi connectivity index (χ4v) is 1.86. The lowest BCUT2D eigenvalue weighted by Crippen LogP contribution is -2.34. The van der Waals surface area contributed by atoms with Gasteiger partial charge < -0.3 is 9.64 Å². The van der Waals surface area contributed by atoms with Crippen molar-refractivity contribution in [2.24, 2.45) is 0 Å². The molecule has 0 fully saturated rings. The highest BCUT2D eigenvalue weighted by atomic mass is 79.9. The summed E-state index contributed by atoms with van der Waals surface area (Å²) in [4.78, 5) is 17.8. The second-order valence-electron chi connectivity index (χ2n) is 3.37. The Kier molecular flexibility index (Phi) is 5.88. The summed E-state index contributed by atoms with van der Waals surface area (Å²) in [5.74, 6) is -0.136. The Hall–Kier alpha value is -0.650. The predicted octanol–water partition coefficient (Wildman–Crippen LogP) is 2.61. The Bertz CT molecular complexity index is 401. The lowest BCUT2D eigenvalue weighted by atomic mass is 10.2. The fourth-order valence-electron chi connectivity index (χ4n) is 1.35. The third kappa shape index (κ3) is 3.94. The van der Waals surface area contributed by atoms with Gasteiger partial charge in [0.05, 0.1) is 12.2 Å². The van der Waals surface area contributed by atoms with Crippen molar-refractivity contribution in [2.45, 2.75) is 6.92 Å². The normalized spacial score (nSPS) is 10.4. The Balaban J connectivity index is 2.89. The molecule has 4 nitrogen and oxygen atoms in total. The van der Waals surface area contributed by atoms with Gasteiger partial charge in [-0.25, -0.2) is 4.98 Å². The molecule has 17 heavy (non-hydrogen) atoms. The average molecular weight is 322 g/mol. The minimum Gasteiger partial charge on any atom is -0.383 e. The van der Waals surface area contributed by atoms with Crippen LogP contribution in [0.25, 0.3) is 0 Å². The van der Waals surface area contributed by atoms with Gasteiger partial charge in [0.15, 0.2) is 0 Å². The van der Waals surface area contributed by atoms with Crippen LogP contribution in [-0.4, -0.2) is 42.6 Å². The summed E-state index contributed by atoms with van der Waals surface area (Å²) < 4.78 is 5.69. The molecule has 1 heterocycles. The van der Waals surface area contributed by atoms with Gasteiger partial charge in [-0.1, -0.05) is 11.6 Å². The van der Waals surface area contributed by atoms with E-state index >= 15 is 0 Å². The van der Waals surface area contributed by atoms with Gasteiger partial charge in [-0.2, -0.15) is 0 Å². The first-order valence-corrected chi connectivity index (χ1v) is 6.36. The molecule has 1 rings (SSSR count). The second kappa shape index (κ2) is 6.93. The smallest absolute Gasteiger partial charge is 0.257 e. The van der Waals surface area contributed by atoms with E-state index < -0.39 is 0 Å². The number of aromatic nitrogens is 1. The first-order valence-electron chi connectivity index (χ1n) is 5.19. The number of methoxy groups -OCH3 is 1. The zero-order chi connectivity index (χ0) is 12.8. The maximum absolute atomic E-state index is 12.2. The van der Waals surface area contributed by atoms with Gasteiger partial charge in [0, 0.05) is 30.9 Å². The molecule has 94 valence electrons. The summed E-state index contributed by atoms with van der Waals surface area (Å²) in [5.41, 5.74) is 0.402. The van der Waals surface area contributed by atoms with Crippen molar-refractivity contribution < 1.29 is 9.53 Å². The summed E-state index contributed by atoms with van der Waals surface area (Å²) in [7, 11) is 1.60. The highest BCUT2D eigenvalue weighted by Crippen LogP contribution is 2.19. The van der Waals surface area contributed by atoms with Crippen molar-refractivity contribution >= 4 is 33.4 Å². The van der Waals surface area contributed by atoms with Crippen molar-refractivity contribution in [2.75, 3.05) is 26.8 Å². The first-order chi connectivity index (χ1) is 8.10. The third-order valence-corrected chi connectivity index (χ3v) is 3.01. The molecule has 1 aromatic rings. The second-order valence-corrected chi connectivity index (χ2v) is 4.64. The zero-order valence-corrected chi connectivity index (χ0v) is 12.1. The number of amides is 1. The van der Waals surface area contributed by atoms with Crippen LogP contribution in [0.1, 0.15) is 17.3 Å². The topological polar surface area (TPSA) is 42.4 Å². The van der Waals surface area contributed by atoms with Gasteiger partial charge >= 0.3 is 0 Å². The maximum atomic E-state index is 12.2. The number of nitrogens with zero attached hydrogens (tertiary/aromatic N) is 2. The molecule has 0 aliphatic rings. The lowest BCUT2D eigenvalue weighted by Gasteiger charge is -2.20. The maximum Gasteiger partial charge on any atom is 0.257 e. The predicted molar refractivity (Wildman–Crippen MR) is 70.4 cm³/mol.